The van der Waals surface area contributed by atoms with E-state index in [1.807, 2.05) is 0 Å². The van der Waals surface area contributed by atoms with Crippen molar-refractivity contribution >= 4 is 5.69 Å². The van der Waals surface area contributed by atoms with Crippen LogP contribution in [0.1, 0.15) is 30.9 Å². The maximum absolute atomic E-state index is 5.77. The zero-order valence-corrected chi connectivity index (χ0v) is 13.2. The zero-order valence-electron chi connectivity index (χ0n) is 13.2. The zero-order chi connectivity index (χ0) is 14.5. The molecule has 2 N–H and O–H groups in total. The number of hydrogen-bond donors (Lipinski definition) is 1. The Morgan fingerprint density at radius 3 is 2.60 bits per heavy atom. The van der Waals surface area contributed by atoms with E-state index in [9.17, 15) is 0 Å². The van der Waals surface area contributed by atoms with E-state index in [0.717, 1.165) is 13.0 Å². The average molecular weight is 275 g/mol. The average Bonchev–Trinajstić information content (AvgIpc) is 2.47. The van der Waals surface area contributed by atoms with E-state index in [4.69, 9.17) is 5.73 Å². The minimum atomic E-state index is 0.664. The van der Waals surface area contributed by atoms with E-state index in [-0.39, 0.29) is 0 Å². The lowest BCUT2D eigenvalue weighted by molar-refractivity contribution is 0.221. The molecule has 0 radical (unpaired) electrons. The van der Waals surface area contributed by atoms with Crippen LogP contribution in [0, 0.1) is 6.92 Å². The number of nitrogens with zero attached hydrogens (tertiary/aromatic N) is 2. The molecule has 1 aliphatic heterocycles. The number of aryl methyl sites for hydroxylation is 1. The summed E-state index contributed by atoms with van der Waals surface area (Å²) >= 11 is 0. The maximum Gasteiger partial charge on any atom is 0.0399 e. The van der Waals surface area contributed by atoms with Gasteiger partial charge in [0.15, 0.2) is 0 Å². The minimum absolute atomic E-state index is 0.664. The van der Waals surface area contributed by atoms with E-state index >= 15 is 0 Å². The number of likely N-dealkylation sites (tertiary alicyclic amines) is 1. The Kier molecular flexibility index (Phi) is 5.44. The van der Waals surface area contributed by atoms with Crippen LogP contribution in [-0.4, -0.2) is 44.2 Å². The number of anilines is 1. The van der Waals surface area contributed by atoms with Crippen molar-refractivity contribution < 1.29 is 0 Å². The van der Waals surface area contributed by atoms with Gasteiger partial charge in [0, 0.05) is 31.9 Å². The Balaban J connectivity index is 2.10. The summed E-state index contributed by atoms with van der Waals surface area (Å²) in [6.07, 6.45) is 3.50. The van der Waals surface area contributed by atoms with E-state index < -0.39 is 0 Å². The number of nitrogens with two attached hydrogens (primary N) is 1. The normalized spacial score (nSPS) is 17.4. The third-order valence-corrected chi connectivity index (χ3v) is 4.58. The molecule has 3 heteroatoms. The van der Waals surface area contributed by atoms with Gasteiger partial charge in [-0.1, -0.05) is 24.6 Å². The van der Waals surface area contributed by atoms with Gasteiger partial charge in [0.2, 0.25) is 0 Å². The van der Waals surface area contributed by atoms with Gasteiger partial charge in [-0.2, -0.15) is 0 Å². The first-order valence-corrected chi connectivity index (χ1v) is 7.90. The van der Waals surface area contributed by atoms with Crippen molar-refractivity contribution in [2.75, 3.05) is 38.1 Å². The van der Waals surface area contributed by atoms with Crippen LogP contribution in [0.5, 0.6) is 0 Å². The molecule has 20 heavy (non-hydrogen) atoms. The number of hydrogen-bond acceptors (Lipinski definition) is 3. The molecule has 0 amide bonds. The molecule has 1 heterocycles. The Hall–Kier alpha value is -1.06. The Bertz CT molecular complexity index is 422. The second-order valence-corrected chi connectivity index (χ2v) is 5.95. The largest absolute Gasteiger partial charge is 0.371 e. The fraction of sp³-hybridized carbons (Fsp3) is 0.647. The molecule has 112 valence electrons. The molecule has 3 nitrogen and oxygen atoms in total. The molecule has 1 fully saturated rings. The van der Waals surface area contributed by atoms with Crippen LogP contribution < -0.4 is 10.6 Å². The predicted molar refractivity (Wildman–Crippen MR) is 87.5 cm³/mol. The maximum atomic E-state index is 5.77. The number of benzene rings is 1. The molecule has 0 bridgehead atoms. The molecule has 0 saturated carbocycles. The van der Waals surface area contributed by atoms with Crippen molar-refractivity contribution in [3.05, 3.63) is 29.3 Å². The van der Waals surface area contributed by atoms with Crippen molar-refractivity contribution in [2.45, 2.75) is 39.2 Å². The summed E-state index contributed by atoms with van der Waals surface area (Å²) in [6.45, 7) is 8.76. The van der Waals surface area contributed by atoms with Crippen LogP contribution >= 0.6 is 0 Å². The monoisotopic (exact) mass is 275 g/mol. The van der Waals surface area contributed by atoms with Crippen LogP contribution in [0.4, 0.5) is 5.69 Å². The highest BCUT2D eigenvalue weighted by molar-refractivity contribution is 5.55. The van der Waals surface area contributed by atoms with E-state index in [1.165, 1.54) is 49.3 Å². The van der Waals surface area contributed by atoms with Gasteiger partial charge < -0.3 is 15.5 Å². The smallest absolute Gasteiger partial charge is 0.0399 e. The highest BCUT2D eigenvalue weighted by Crippen LogP contribution is 2.26. The van der Waals surface area contributed by atoms with E-state index in [1.54, 1.807) is 0 Å². The van der Waals surface area contributed by atoms with Crippen LogP contribution in [0.3, 0.4) is 0 Å². The van der Waals surface area contributed by atoms with Gasteiger partial charge in [0.1, 0.15) is 0 Å². The molecule has 0 aliphatic carbocycles. The second kappa shape index (κ2) is 7.09. The van der Waals surface area contributed by atoms with Gasteiger partial charge >= 0.3 is 0 Å². The van der Waals surface area contributed by atoms with Crippen LogP contribution in [0.25, 0.3) is 0 Å². The van der Waals surface area contributed by atoms with Crippen LogP contribution in [-0.2, 0) is 6.42 Å². The molecular formula is C17H29N3. The molecule has 1 saturated heterocycles. The topological polar surface area (TPSA) is 32.5 Å². The van der Waals surface area contributed by atoms with Gasteiger partial charge in [-0.15, -0.1) is 0 Å². The van der Waals surface area contributed by atoms with Gasteiger partial charge in [-0.25, -0.2) is 0 Å². The van der Waals surface area contributed by atoms with E-state index in [2.05, 4.69) is 48.9 Å². The Labute approximate surface area is 123 Å². The summed E-state index contributed by atoms with van der Waals surface area (Å²) in [5, 5.41) is 0. The SMILES string of the molecule is CCN1CCC(N(C)c2ccc(C)cc2CCN)CC1. The quantitative estimate of drug-likeness (QED) is 0.896. The first-order chi connectivity index (χ1) is 9.65. The lowest BCUT2D eigenvalue weighted by atomic mass is 10.00. The summed E-state index contributed by atoms with van der Waals surface area (Å²) in [5.74, 6) is 0. The fourth-order valence-corrected chi connectivity index (χ4v) is 3.23. The van der Waals surface area contributed by atoms with Gasteiger partial charge in [0.25, 0.3) is 0 Å². The predicted octanol–water partition coefficient (Wildman–Crippen LogP) is 2.42. The molecule has 0 unspecified atom stereocenters. The first-order valence-electron chi connectivity index (χ1n) is 7.90. The van der Waals surface area contributed by atoms with Gasteiger partial charge in [-0.05, 0) is 50.9 Å². The van der Waals surface area contributed by atoms with Gasteiger partial charge in [0.05, 0.1) is 0 Å². The van der Waals surface area contributed by atoms with E-state index in [0.29, 0.717) is 6.04 Å². The Morgan fingerprint density at radius 2 is 2.00 bits per heavy atom. The first kappa shape index (κ1) is 15.3. The van der Waals surface area contributed by atoms with Crippen molar-refractivity contribution in [3.63, 3.8) is 0 Å². The molecular weight excluding hydrogens is 246 g/mol. The summed E-state index contributed by atoms with van der Waals surface area (Å²) in [4.78, 5) is 5.03. The fourth-order valence-electron chi connectivity index (χ4n) is 3.23. The van der Waals surface area contributed by atoms with Gasteiger partial charge in [-0.3, -0.25) is 0 Å². The molecule has 1 aliphatic rings. The molecule has 0 aromatic heterocycles. The molecule has 1 aromatic rings. The second-order valence-electron chi connectivity index (χ2n) is 5.95. The summed E-state index contributed by atoms with van der Waals surface area (Å²) < 4.78 is 0. The summed E-state index contributed by atoms with van der Waals surface area (Å²) in [5.41, 5.74) is 9.86. The third kappa shape index (κ3) is 3.53. The summed E-state index contributed by atoms with van der Waals surface area (Å²) in [7, 11) is 2.25. The molecule has 0 spiro atoms. The minimum Gasteiger partial charge on any atom is -0.371 e. The summed E-state index contributed by atoms with van der Waals surface area (Å²) in [6, 6.07) is 7.44. The number of rotatable bonds is 5. The van der Waals surface area contributed by atoms with Crippen LogP contribution in [0.15, 0.2) is 18.2 Å². The number of piperidine rings is 1. The van der Waals surface area contributed by atoms with Crippen molar-refractivity contribution in [1.29, 1.82) is 0 Å². The molecule has 1 aromatic carbocycles. The highest BCUT2D eigenvalue weighted by atomic mass is 15.2. The lowest BCUT2D eigenvalue weighted by Gasteiger charge is -2.38. The third-order valence-electron chi connectivity index (χ3n) is 4.58. The van der Waals surface area contributed by atoms with Crippen LogP contribution in [0.2, 0.25) is 0 Å². The standard InChI is InChI=1S/C17H29N3/c1-4-20-11-8-16(9-12-20)19(3)17-6-5-14(2)13-15(17)7-10-18/h5-6,13,16H,4,7-12,18H2,1-3H3. The molecule has 0 atom stereocenters. The highest BCUT2D eigenvalue weighted by Gasteiger charge is 2.22. The Morgan fingerprint density at radius 1 is 1.30 bits per heavy atom. The van der Waals surface area contributed by atoms with Crippen molar-refractivity contribution in [3.8, 4) is 0 Å². The van der Waals surface area contributed by atoms with Crippen molar-refractivity contribution in [1.82, 2.24) is 4.90 Å². The lowest BCUT2D eigenvalue weighted by Crippen LogP contribution is -2.43. The van der Waals surface area contributed by atoms with Crippen molar-refractivity contribution in [2.24, 2.45) is 5.73 Å². The molecule has 2 rings (SSSR count).